The lowest BCUT2D eigenvalue weighted by Gasteiger charge is -2.20. The standard InChI is InChI=1S/C15H18ClN3O2S2/c1-2-3-4-17-14-18-19-15(23-14)22-9-10-7-11(16)13-12(8-10)20-5-6-21-13/h7-8H,2-6,9H2,1H3,(H,17,18). The predicted molar refractivity (Wildman–Crippen MR) is 95.3 cm³/mol. The number of unbranched alkanes of at least 4 members (excludes halogenated alkanes) is 1. The summed E-state index contributed by atoms with van der Waals surface area (Å²) in [5, 5.41) is 13.1. The number of ether oxygens (including phenoxy) is 2. The van der Waals surface area contributed by atoms with Crippen molar-refractivity contribution in [1.29, 1.82) is 0 Å². The number of nitrogens with one attached hydrogen (secondary N) is 1. The Hall–Kier alpha value is -1.18. The average Bonchev–Trinajstić information content (AvgIpc) is 3.01. The molecule has 1 aliphatic heterocycles. The molecule has 8 heteroatoms. The Morgan fingerprint density at radius 3 is 3.04 bits per heavy atom. The van der Waals surface area contributed by atoms with Crippen LogP contribution in [0.3, 0.4) is 0 Å². The number of anilines is 1. The molecule has 0 amide bonds. The summed E-state index contributed by atoms with van der Waals surface area (Å²) < 4.78 is 12.1. The summed E-state index contributed by atoms with van der Waals surface area (Å²) in [4.78, 5) is 0. The molecule has 1 N–H and O–H groups in total. The molecular formula is C15H18ClN3O2S2. The number of fused-ring (bicyclic) bond motifs is 1. The Kier molecular flexibility index (Phi) is 5.85. The molecule has 23 heavy (non-hydrogen) atoms. The summed E-state index contributed by atoms with van der Waals surface area (Å²) in [7, 11) is 0. The summed E-state index contributed by atoms with van der Waals surface area (Å²) in [6.45, 7) is 4.21. The number of aromatic nitrogens is 2. The lowest BCUT2D eigenvalue weighted by Crippen LogP contribution is -2.15. The van der Waals surface area contributed by atoms with Crippen molar-refractivity contribution in [3.63, 3.8) is 0 Å². The van der Waals surface area contributed by atoms with Crippen molar-refractivity contribution in [1.82, 2.24) is 10.2 Å². The molecule has 2 heterocycles. The van der Waals surface area contributed by atoms with E-state index in [4.69, 9.17) is 21.1 Å². The molecule has 1 aromatic heterocycles. The zero-order valence-electron chi connectivity index (χ0n) is 12.8. The first-order valence-corrected chi connectivity index (χ1v) is 9.72. The second kappa shape index (κ2) is 8.08. The maximum atomic E-state index is 6.25. The van der Waals surface area contributed by atoms with Gasteiger partial charge in [-0.2, -0.15) is 0 Å². The molecule has 0 radical (unpaired) electrons. The van der Waals surface area contributed by atoms with Crippen molar-refractivity contribution in [2.45, 2.75) is 29.9 Å². The van der Waals surface area contributed by atoms with Crippen molar-refractivity contribution >= 4 is 39.8 Å². The van der Waals surface area contributed by atoms with Crippen LogP contribution in [0.25, 0.3) is 0 Å². The molecule has 0 bridgehead atoms. The van der Waals surface area contributed by atoms with Crippen molar-refractivity contribution in [2.75, 3.05) is 25.1 Å². The molecule has 2 aromatic rings. The Bertz CT molecular complexity index is 666. The van der Waals surface area contributed by atoms with Crippen molar-refractivity contribution in [3.05, 3.63) is 22.7 Å². The van der Waals surface area contributed by atoms with Gasteiger partial charge in [-0.15, -0.1) is 10.2 Å². The van der Waals surface area contributed by atoms with Gasteiger partial charge in [0.05, 0.1) is 5.02 Å². The second-order valence-electron chi connectivity index (χ2n) is 5.04. The van der Waals surface area contributed by atoms with Gasteiger partial charge in [-0.05, 0) is 24.1 Å². The highest BCUT2D eigenvalue weighted by molar-refractivity contribution is 8.00. The lowest BCUT2D eigenvalue weighted by atomic mass is 10.2. The van der Waals surface area contributed by atoms with Crippen LogP contribution in [-0.2, 0) is 5.75 Å². The van der Waals surface area contributed by atoms with Gasteiger partial charge in [-0.1, -0.05) is 48.0 Å². The monoisotopic (exact) mass is 371 g/mol. The SMILES string of the molecule is CCCCNc1nnc(SCc2cc(Cl)c3c(c2)OCCO3)s1. The highest BCUT2D eigenvalue weighted by atomic mass is 35.5. The first-order chi connectivity index (χ1) is 11.3. The third-order valence-corrected chi connectivity index (χ3v) is 5.60. The molecule has 0 fully saturated rings. The van der Waals surface area contributed by atoms with E-state index in [0.717, 1.165) is 45.9 Å². The van der Waals surface area contributed by atoms with Gasteiger partial charge < -0.3 is 14.8 Å². The number of halogens is 1. The summed E-state index contributed by atoms with van der Waals surface area (Å²) in [6, 6.07) is 3.90. The van der Waals surface area contributed by atoms with E-state index in [1.54, 1.807) is 23.1 Å². The van der Waals surface area contributed by atoms with Crippen LogP contribution in [0.1, 0.15) is 25.3 Å². The molecule has 5 nitrogen and oxygen atoms in total. The van der Waals surface area contributed by atoms with Gasteiger partial charge in [-0.25, -0.2) is 0 Å². The van der Waals surface area contributed by atoms with Gasteiger partial charge >= 0.3 is 0 Å². The smallest absolute Gasteiger partial charge is 0.206 e. The quantitative estimate of drug-likeness (QED) is 0.572. The second-order valence-corrected chi connectivity index (χ2v) is 7.65. The van der Waals surface area contributed by atoms with E-state index in [0.29, 0.717) is 24.0 Å². The topological polar surface area (TPSA) is 56.3 Å². The molecule has 1 aliphatic rings. The largest absolute Gasteiger partial charge is 0.486 e. The summed E-state index contributed by atoms with van der Waals surface area (Å²) in [5.74, 6) is 2.13. The van der Waals surface area contributed by atoms with E-state index < -0.39 is 0 Å². The molecule has 0 aliphatic carbocycles. The number of hydrogen-bond acceptors (Lipinski definition) is 7. The number of benzene rings is 1. The number of nitrogens with zero attached hydrogens (tertiary/aromatic N) is 2. The van der Waals surface area contributed by atoms with Gasteiger partial charge in [0.15, 0.2) is 15.8 Å². The maximum absolute atomic E-state index is 6.25. The fraction of sp³-hybridized carbons (Fsp3) is 0.467. The Morgan fingerprint density at radius 2 is 2.17 bits per heavy atom. The summed E-state index contributed by atoms with van der Waals surface area (Å²) in [5.41, 5.74) is 1.08. The zero-order chi connectivity index (χ0) is 16.1. The van der Waals surface area contributed by atoms with Crippen molar-refractivity contribution in [3.8, 4) is 11.5 Å². The first-order valence-electron chi connectivity index (χ1n) is 7.54. The molecule has 3 rings (SSSR count). The van der Waals surface area contributed by atoms with Crippen LogP contribution in [0.5, 0.6) is 11.5 Å². The molecule has 124 valence electrons. The Balaban J connectivity index is 1.59. The molecule has 0 atom stereocenters. The van der Waals surface area contributed by atoms with Crippen LogP contribution in [0.4, 0.5) is 5.13 Å². The highest BCUT2D eigenvalue weighted by Crippen LogP contribution is 2.39. The average molecular weight is 372 g/mol. The van der Waals surface area contributed by atoms with Gasteiger partial charge in [0, 0.05) is 12.3 Å². The van der Waals surface area contributed by atoms with Crippen LogP contribution in [0.15, 0.2) is 16.5 Å². The molecule has 0 saturated heterocycles. The minimum atomic E-state index is 0.541. The number of hydrogen-bond donors (Lipinski definition) is 1. The Morgan fingerprint density at radius 1 is 1.30 bits per heavy atom. The highest BCUT2D eigenvalue weighted by Gasteiger charge is 2.17. The van der Waals surface area contributed by atoms with Gasteiger partial charge in [0.1, 0.15) is 13.2 Å². The van der Waals surface area contributed by atoms with Crippen LogP contribution in [-0.4, -0.2) is 30.0 Å². The minimum Gasteiger partial charge on any atom is -0.486 e. The Labute approximate surface area is 148 Å². The molecular weight excluding hydrogens is 354 g/mol. The van der Waals surface area contributed by atoms with E-state index in [1.807, 2.05) is 12.1 Å². The van der Waals surface area contributed by atoms with Crippen molar-refractivity contribution in [2.24, 2.45) is 0 Å². The van der Waals surface area contributed by atoms with E-state index in [-0.39, 0.29) is 0 Å². The third kappa shape index (κ3) is 4.43. The van der Waals surface area contributed by atoms with Gasteiger partial charge in [-0.3, -0.25) is 0 Å². The zero-order valence-corrected chi connectivity index (χ0v) is 15.2. The molecule has 1 aromatic carbocycles. The number of rotatable bonds is 7. The van der Waals surface area contributed by atoms with E-state index >= 15 is 0 Å². The molecule has 0 spiro atoms. The van der Waals surface area contributed by atoms with Crippen LogP contribution in [0, 0.1) is 0 Å². The molecule has 0 unspecified atom stereocenters. The van der Waals surface area contributed by atoms with Crippen LogP contribution >= 0.6 is 34.7 Å². The van der Waals surface area contributed by atoms with Crippen LogP contribution < -0.4 is 14.8 Å². The van der Waals surface area contributed by atoms with Gasteiger partial charge in [0.2, 0.25) is 5.13 Å². The summed E-state index contributed by atoms with van der Waals surface area (Å²) >= 11 is 9.47. The van der Waals surface area contributed by atoms with E-state index in [2.05, 4.69) is 22.4 Å². The third-order valence-electron chi connectivity index (χ3n) is 3.23. The van der Waals surface area contributed by atoms with Crippen LogP contribution in [0.2, 0.25) is 5.02 Å². The van der Waals surface area contributed by atoms with Crippen molar-refractivity contribution < 1.29 is 9.47 Å². The fourth-order valence-corrected chi connectivity index (χ4v) is 4.10. The first kappa shape index (κ1) is 16.7. The summed E-state index contributed by atoms with van der Waals surface area (Å²) in [6.07, 6.45) is 2.30. The maximum Gasteiger partial charge on any atom is 0.206 e. The van der Waals surface area contributed by atoms with E-state index in [9.17, 15) is 0 Å². The minimum absolute atomic E-state index is 0.541. The van der Waals surface area contributed by atoms with Gasteiger partial charge in [0.25, 0.3) is 0 Å². The fourth-order valence-electron chi connectivity index (χ4n) is 2.10. The lowest BCUT2D eigenvalue weighted by molar-refractivity contribution is 0.171. The predicted octanol–water partition coefficient (Wildman–Crippen LogP) is 4.47. The molecule has 0 saturated carbocycles. The number of thioether (sulfide) groups is 1. The van der Waals surface area contributed by atoms with E-state index in [1.165, 1.54) is 0 Å². The normalized spacial score (nSPS) is 13.1.